The van der Waals surface area contributed by atoms with Crippen molar-refractivity contribution in [3.63, 3.8) is 0 Å². The third kappa shape index (κ3) is 4.94. The Morgan fingerprint density at radius 1 is 0.829 bits per heavy atom. The first kappa shape index (κ1) is 24.1. The number of nitrogens with zero attached hydrogens (tertiary/aromatic N) is 1. The Morgan fingerprint density at radius 3 is 2.17 bits per heavy atom. The molecule has 0 aliphatic carbocycles. The Balaban J connectivity index is 1.85. The lowest BCUT2D eigenvalue weighted by Gasteiger charge is -2.19. The summed E-state index contributed by atoms with van der Waals surface area (Å²) in [7, 11) is 3.28. The molecule has 4 rings (SSSR count). The van der Waals surface area contributed by atoms with Crippen molar-refractivity contribution in [2.24, 2.45) is 16.5 Å². The Kier molecular flexibility index (Phi) is 6.70. The number of fused-ring (bicyclic) bond motifs is 1. The standard InChI is InChI=1S/C30H33N3O2/c1-30(2,3)23-13-9-19(10-14-23)24-8-6-7-20-17-21(11-15-25(20)24)27-22(18-33-29(31)32)12-16-26(34-4)28(27)35-5/h6-17H,18H2,1-5H3,(H4,31,32,33). The minimum Gasteiger partial charge on any atom is -0.493 e. The summed E-state index contributed by atoms with van der Waals surface area (Å²) in [4.78, 5) is 4.23. The number of aliphatic imine (C=N–C) groups is 1. The number of hydrogen-bond acceptors (Lipinski definition) is 3. The van der Waals surface area contributed by atoms with E-state index in [4.69, 9.17) is 20.9 Å². The minimum atomic E-state index is 0.0476. The van der Waals surface area contributed by atoms with Gasteiger partial charge < -0.3 is 20.9 Å². The molecule has 0 saturated heterocycles. The maximum atomic E-state index is 5.78. The van der Waals surface area contributed by atoms with Gasteiger partial charge >= 0.3 is 0 Å². The molecule has 0 aliphatic rings. The van der Waals surface area contributed by atoms with Crippen LogP contribution in [0.25, 0.3) is 33.0 Å². The largest absolute Gasteiger partial charge is 0.493 e. The van der Waals surface area contributed by atoms with E-state index in [9.17, 15) is 0 Å². The summed E-state index contributed by atoms with van der Waals surface area (Å²) in [5, 5.41) is 2.32. The number of methoxy groups -OCH3 is 2. The van der Waals surface area contributed by atoms with E-state index in [0.717, 1.165) is 22.1 Å². The van der Waals surface area contributed by atoms with Crippen molar-refractivity contribution in [3.8, 4) is 33.8 Å². The minimum absolute atomic E-state index is 0.0476. The predicted octanol–water partition coefficient (Wildman–Crippen LogP) is 6.26. The van der Waals surface area contributed by atoms with Crippen molar-refractivity contribution in [3.05, 3.63) is 83.9 Å². The van der Waals surface area contributed by atoms with Crippen LogP contribution in [0, 0.1) is 0 Å². The van der Waals surface area contributed by atoms with Gasteiger partial charge in [-0.15, -0.1) is 0 Å². The monoisotopic (exact) mass is 467 g/mol. The fourth-order valence-corrected chi connectivity index (χ4v) is 4.43. The van der Waals surface area contributed by atoms with Gasteiger partial charge in [0, 0.05) is 5.56 Å². The Hall–Kier alpha value is -3.99. The van der Waals surface area contributed by atoms with Gasteiger partial charge in [-0.25, -0.2) is 4.99 Å². The average Bonchev–Trinajstić information content (AvgIpc) is 2.85. The van der Waals surface area contributed by atoms with Crippen LogP contribution in [-0.4, -0.2) is 20.2 Å². The van der Waals surface area contributed by atoms with Crippen molar-refractivity contribution in [1.82, 2.24) is 0 Å². The zero-order valence-corrected chi connectivity index (χ0v) is 21.1. The molecule has 5 nitrogen and oxygen atoms in total. The molecule has 0 atom stereocenters. The molecule has 35 heavy (non-hydrogen) atoms. The highest BCUT2D eigenvalue weighted by molar-refractivity contribution is 5.99. The highest BCUT2D eigenvalue weighted by Gasteiger charge is 2.18. The quantitative estimate of drug-likeness (QED) is 0.259. The predicted molar refractivity (Wildman–Crippen MR) is 146 cm³/mol. The van der Waals surface area contributed by atoms with E-state index in [1.54, 1.807) is 14.2 Å². The van der Waals surface area contributed by atoms with Gasteiger partial charge in [-0.05, 0) is 56.1 Å². The maximum absolute atomic E-state index is 5.78. The number of hydrogen-bond donors (Lipinski definition) is 2. The van der Waals surface area contributed by atoms with Crippen molar-refractivity contribution < 1.29 is 9.47 Å². The third-order valence-corrected chi connectivity index (χ3v) is 6.29. The summed E-state index contributed by atoms with van der Waals surface area (Å²) < 4.78 is 11.3. The number of guanidine groups is 1. The van der Waals surface area contributed by atoms with Gasteiger partial charge in [0.25, 0.3) is 0 Å². The van der Waals surface area contributed by atoms with Crippen molar-refractivity contribution >= 4 is 16.7 Å². The fourth-order valence-electron chi connectivity index (χ4n) is 4.43. The molecule has 0 amide bonds. The fraction of sp³-hybridized carbons (Fsp3) is 0.233. The number of rotatable bonds is 6. The van der Waals surface area contributed by atoms with Gasteiger partial charge in [0.1, 0.15) is 0 Å². The number of nitrogens with two attached hydrogens (primary N) is 2. The molecule has 0 unspecified atom stereocenters. The molecular formula is C30H33N3O2. The SMILES string of the molecule is COc1ccc(CN=C(N)N)c(-c2ccc3c(-c4ccc(C(C)(C)C)cc4)cccc3c2)c1OC. The van der Waals surface area contributed by atoms with E-state index in [0.29, 0.717) is 18.0 Å². The van der Waals surface area contributed by atoms with Crippen molar-refractivity contribution in [2.45, 2.75) is 32.7 Å². The second-order valence-corrected chi connectivity index (χ2v) is 9.65. The molecule has 0 spiro atoms. The molecular weight excluding hydrogens is 434 g/mol. The van der Waals surface area contributed by atoms with Crippen LogP contribution in [0.5, 0.6) is 11.5 Å². The molecule has 180 valence electrons. The van der Waals surface area contributed by atoms with Gasteiger partial charge in [0.15, 0.2) is 17.5 Å². The van der Waals surface area contributed by atoms with Gasteiger partial charge in [-0.1, -0.05) is 81.4 Å². The molecule has 5 heteroatoms. The van der Waals surface area contributed by atoms with Crippen LogP contribution in [0.4, 0.5) is 0 Å². The van der Waals surface area contributed by atoms with E-state index in [1.807, 2.05) is 12.1 Å². The highest BCUT2D eigenvalue weighted by atomic mass is 16.5. The summed E-state index contributed by atoms with van der Waals surface area (Å²) in [6, 6.07) is 25.6. The molecule has 0 aromatic heterocycles. The Labute approximate surface area is 207 Å². The second kappa shape index (κ2) is 9.71. The van der Waals surface area contributed by atoms with E-state index < -0.39 is 0 Å². The van der Waals surface area contributed by atoms with Crippen LogP contribution in [0.1, 0.15) is 31.9 Å². The molecule has 4 aromatic rings. The summed E-state index contributed by atoms with van der Waals surface area (Å²) >= 11 is 0. The number of benzene rings is 4. The van der Waals surface area contributed by atoms with E-state index in [-0.39, 0.29) is 11.4 Å². The normalized spacial score (nSPS) is 11.3. The average molecular weight is 468 g/mol. The highest BCUT2D eigenvalue weighted by Crippen LogP contribution is 2.42. The lowest BCUT2D eigenvalue weighted by molar-refractivity contribution is 0.356. The molecule has 0 radical (unpaired) electrons. The zero-order chi connectivity index (χ0) is 25.2. The zero-order valence-electron chi connectivity index (χ0n) is 21.1. The third-order valence-electron chi connectivity index (χ3n) is 6.29. The first-order chi connectivity index (χ1) is 16.7. The van der Waals surface area contributed by atoms with E-state index in [1.165, 1.54) is 22.1 Å². The van der Waals surface area contributed by atoms with Crippen LogP contribution in [0.3, 0.4) is 0 Å². The van der Waals surface area contributed by atoms with Crippen LogP contribution >= 0.6 is 0 Å². The first-order valence-corrected chi connectivity index (χ1v) is 11.7. The summed E-state index contributed by atoms with van der Waals surface area (Å²) in [6.07, 6.45) is 0. The van der Waals surface area contributed by atoms with Gasteiger partial charge in [-0.2, -0.15) is 0 Å². The first-order valence-electron chi connectivity index (χ1n) is 11.7. The molecule has 4 aromatic carbocycles. The second-order valence-electron chi connectivity index (χ2n) is 9.65. The lowest BCUT2D eigenvalue weighted by Crippen LogP contribution is -2.22. The molecule has 0 bridgehead atoms. The topological polar surface area (TPSA) is 82.9 Å². The summed E-state index contributed by atoms with van der Waals surface area (Å²) in [6.45, 7) is 7.04. The smallest absolute Gasteiger partial charge is 0.186 e. The molecule has 0 fully saturated rings. The molecule has 4 N–H and O–H groups in total. The number of ether oxygens (including phenoxy) is 2. The summed E-state index contributed by atoms with van der Waals surface area (Å²) in [5.74, 6) is 1.36. The van der Waals surface area contributed by atoms with Gasteiger partial charge in [0.2, 0.25) is 0 Å². The molecule has 0 aliphatic heterocycles. The van der Waals surface area contributed by atoms with Crippen LogP contribution in [-0.2, 0) is 12.0 Å². The maximum Gasteiger partial charge on any atom is 0.186 e. The van der Waals surface area contributed by atoms with Crippen LogP contribution in [0.15, 0.2) is 77.8 Å². The van der Waals surface area contributed by atoms with Gasteiger partial charge in [-0.3, -0.25) is 0 Å². The molecule has 0 saturated carbocycles. The van der Waals surface area contributed by atoms with Crippen LogP contribution in [0.2, 0.25) is 0 Å². The lowest BCUT2D eigenvalue weighted by atomic mass is 9.86. The van der Waals surface area contributed by atoms with Crippen molar-refractivity contribution in [1.29, 1.82) is 0 Å². The van der Waals surface area contributed by atoms with E-state index >= 15 is 0 Å². The summed E-state index contributed by atoms with van der Waals surface area (Å²) in [5.41, 5.74) is 17.9. The van der Waals surface area contributed by atoms with Crippen LogP contribution < -0.4 is 20.9 Å². The Bertz CT molecular complexity index is 1380. The Morgan fingerprint density at radius 2 is 1.54 bits per heavy atom. The molecule has 0 heterocycles. The van der Waals surface area contributed by atoms with Gasteiger partial charge in [0.05, 0.1) is 20.8 Å². The van der Waals surface area contributed by atoms with E-state index in [2.05, 4.69) is 86.4 Å². The van der Waals surface area contributed by atoms with Crippen molar-refractivity contribution in [2.75, 3.05) is 14.2 Å².